The van der Waals surface area contributed by atoms with Crippen LogP contribution in [0.2, 0.25) is 0 Å². The van der Waals surface area contributed by atoms with Gasteiger partial charge in [-0.25, -0.2) is 4.79 Å². The fourth-order valence-corrected chi connectivity index (χ4v) is 6.33. The monoisotopic (exact) mass is 477 g/mol. The van der Waals surface area contributed by atoms with Crippen molar-refractivity contribution in [3.05, 3.63) is 58.8 Å². The van der Waals surface area contributed by atoms with Crippen LogP contribution in [-0.4, -0.2) is 66.0 Å². The molecule has 5 rings (SSSR count). The molecule has 2 fully saturated rings. The molecule has 3 amide bonds. The first-order chi connectivity index (χ1) is 16.9. The number of carbonyl (C=O) groups is 2. The number of amides is 3. The largest absolute Gasteiger partial charge is 0.497 e. The summed E-state index contributed by atoms with van der Waals surface area (Å²) in [6.07, 6.45) is 11.5. The van der Waals surface area contributed by atoms with Gasteiger partial charge in [-0.05, 0) is 44.2 Å². The normalized spacial score (nSPS) is 22.9. The second-order valence-electron chi connectivity index (χ2n) is 9.84. The highest BCUT2D eigenvalue weighted by Crippen LogP contribution is 2.49. The molecule has 7 heteroatoms. The number of methoxy groups -OCH3 is 2. The van der Waals surface area contributed by atoms with Crippen LogP contribution < -0.4 is 9.47 Å². The van der Waals surface area contributed by atoms with E-state index >= 15 is 0 Å². The molecule has 1 aromatic carbocycles. The fourth-order valence-electron chi connectivity index (χ4n) is 6.33. The maximum Gasteiger partial charge on any atom is 0.325 e. The summed E-state index contributed by atoms with van der Waals surface area (Å²) in [6.45, 7) is 6.63. The van der Waals surface area contributed by atoms with Crippen molar-refractivity contribution in [2.24, 2.45) is 0 Å². The molecule has 4 aliphatic rings. The minimum atomic E-state index is -0.392. The Morgan fingerprint density at radius 2 is 1.94 bits per heavy atom. The van der Waals surface area contributed by atoms with Crippen LogP contribution in [0.25, 0.3) is 0 Å². The smallest absolute Gasteiger partial charge is 0.325 e. The van der Waals surface area contributed by atoms with Gasteiger partial charge < -0.3 is 19.3 Å². The van der Waals surface area contributed by atoms with Gasteiger partial charge >= 0.3 is 6.03 Å². The van der Waals surface area contributed by atoms with Crippen LogP contribution in [-0.2, 0) is 11.3 Å². The molecule has 2 saturated heterocycles. The molecule has 35 heavy (non-hydrogen) atoms. The third-order valence-electron chi connectivity index (χ3n) is 8.08. The van der Waals surface area contributed by atoms with Gasteiger partial charge in [0.05, 0.1) is 26.3 Å². The third-order valence-corrected chi connectivity index (χ3v) is 8.08. The van der Waals surface area contributed by atoms with E-state index in [0.29, 0.717) is 26.2 Å². The Morgan fingerprint density at radius 3 is 2.57 bits per heavy atom. The SMILES string of the molecule is CCN1C(=O)N2Cc3cc(OC)cc(OC)c3C(C)C=C2C12CCN(C(=O)C1=CC=CCC1)CC2. The highest BCUT2D eigenvalue weighted by atomic mass is 16.5. The number of nitrogens with zero attached hydrogens (tertiary/aromatic N) is 3. The van der Waals surface area contributed by atoms with E-state index in [1.807, 2.05) is 45.9 Å². The van der Waals surface area contributed by atoms with E-state index in [1.54, 1.807) is 14.2 Å². The predicted octanol–water partition coefficient (Wildman–Crippen LogP) is 4.60. The molecule has 3 aliphatic heterocycles. The molecule has 186 valence electrons. The number of allylic oxidation sites excluding steroid dienone is 4. The Balaban J connectivity index is 1.48. The predicted molar refractivity (Wildman–Crippen MR) is 134 cm³/mol. The van der Waals surface area contributed by atoms with E-state index in [-0.39, 0.29) is 17.9 Å². The van der Waals surface area contributed by atoms with Crippen LogP contribution in [0, 0.1) is 0 Å². The molecule has 1 atom stereocenters. The number of likely N-dealkylation sites (N-methyl/N-ethyl adjacent to an activating group) is 1. The summed E-state index contributed by atoms with van der Waals surface area (Å²) >= 11 is 0. The highest BCUT2D eigenvalue weighted by molar-refractivity contribution is 5.94. The second kappa shape index (κ2) is 9.10. The Kier molecular flexibility index (Phi) is 6.11. The highest BCUT2D eigenvalue weighted by Gasteiger charge is 2.55. The summed E-state index contributed by atoms with van der Waals surface area (Å²) in [5.74, 6) is 1.73. The molecule has 1 unspecified atom stereocenters. The molecule has 0 bridgehead atoms. The average Bonchev–Trinajstić information content (AvgIpc) is 2.99. The van der Waals surface area contributed by atoms with Crippen LogP contribution in [0.4, 0.5) is 4.79 Å². The first kappa shape index (κ1) is 23.5. The molecular formula is C28H35N3O4. The van der Waals surface area contributed by atoms with Gasteiger partial charge in [0, 0.05) is 48.5 Å². The number of hydrogen-bond donors (Lipinski definition) is 0. The van der Waals surface area contributed by atoms with Crippen LogP contribution in [0.3, 0.4) is 0 Å². The Labute approximate surface area is 207 Å². The van der Waals surface area contributed by atoms with E-state index in [9.17, 15) is 9.59 Å². The van der Waals surface area contributed by atoms with Crippen molar-refractivity contribution in [2.45, 2.75) is 57.5 Å². The Morgan fingerprint density at radius 1 is 1.17 bits per heavy atom. The van der Waals surface area contributed by atoms with Crippen molar-refractivity contribution < 1.29 is 19.1 Å². The first-order valence-corrected chi connectivity index (χ1v) is 12.6. The van der Waals surface area contributed by atoms with E-state index in [2.05, 4.69) is 19.1 Å². The Hall–Kier alpha value is -3.22. The average molecular weight is 478 g/mol. The zero-order valence-corrected chi connectivity index (χ0v) is 21.2. The van der Waals surface area contributed by atoms with E-state index in [4.69, 9.17) is 9.47 Å². The van der Waals surface area contributed by atoms with E-state index < -0.39 is 5.54 Å². The van der Waals surface area contributed by atoms with Gasteiger partial charge in [0.15, 0.2) is 0 Å². The summed E-state index contributed by atoms with van der Waals surface area (Å²) in [4.78, 5) is 32.8. The number of rotatable bonds is 4. The summed E-state index contributed by atoms with van der Waals surface area (Å²) < 4.78 is 11.2. The fraction of sp³-hybridized carbons (Fsp3) is 0.500. The number of piperidine rings is 1. The summed E-state index contributed by atoms with van der Waals surface area (Å²) in [5.41, 5.74) is 3.72. The topological polar surface area (TPSA) is 62.3 Å². The van der Waals surface area contributed by atoms with Gasteiger partial charge in [0.25, 0.3) is 0 Å². The van der Waals surface area contributed by atoms with Crippen LogP contribution >= 0.6 is 0 Å². The quantitative estimate of drug-likeness (QED) is 0.636. The van der Waals surface area contributed by atoms with Gasteiger partial charge in [-0.3, -0.25) is 9.69 Å². The number of fused-ring (bicyclic) bond motifs is 3. The lowest BCUT2D eigenvalue weighted by molar-refractivity contribution is -0.129. The lowest BCUT2D eigenvalue weighted by Gasteiger charge is -2.44. The molecule has 1 aromatic rings. The van der Waals surface area contributed by atoms with Gasteiger partial charge in [0.1, 0.15) is 11.5 Å². The zero-order valence-electron chi connectivity index (χ0n) is 21.2. The van der Waals surface area contributed by atoms with Crippen molar-refractivity contribution in [3.8, 4) is 11.5 Å². The van der Waals surface area contributed by atoms with E-state index in [0.717, 1.165) is 59.6 Å². The van der Waals surface area contributed by atoms with Crippen molar-refractivity contribution >= 4 is 11.9 Å². The van der Waals surface area contributed by atoms with Gasteiger partial charge in [-0.1, -0.05) is 31.2 Å². The number of hydrogen-bond acceptors (Lipinski definition) is 4. The van der Waals surface area contributed by atoms with E-state index in [1.165, 1.54) is 0 Å². The molecule has 0 saturated carbocycles. The third kappa shape index (κ3) is 3.72. The summed E-state index contributed by atoms with van der Waals surface area (Å²) in [6, 6.07) is 3.98. The summed E-state index contributed by atoms with van der Waals surface area (Å²) in [7, 11) is 3.32. The molecule has 1 aliphatic carbocycles. The Bertz CT molecular complexity index is 1130. The van der Waals surface area contributed by atoms with Crippen molar-refractivity contribution in [2.75, 3.05) is 33.9 Å². The molecule has 0 N–H and O–H groups in total. The molecule has 1 spiro atoms. The first-order valence-electron chi connectivity index (χ1n) is 12.6. The summed E-state index contributed by atoms with van der Waals surface area (Å²) in [5, 5.41) is 0. The minimum absolute atomic E-state index is 0.0421. The number of carbonyl (C=O) groups excluding carboxylic acids is 2. The number of ether oxygens (including phenoxy) is 2. The standard InChI is InChI=1S/C28H35N3O4/c1-5-31-27(33)30-18-21-16-22(34-3)17-23(35-4)25(21)19(2)15-24(30)28(31)11-13-29(14-12-28)26(32)20-9-7-6-8-10-20/h6-7,9,15-17,19H,5,8,10-14,18H2,1-4H3. The van der Waals surface area contributed by atoms with Crippen LogP contribution in [0.1, 0.15) is 56.6 Å². The molecule has 0 radical (unpaired) electrons. The number of urea groups is 1. The van der Waals surface area contributed by atoms with Gasteiger partial charge in [-0.15, -0.1) is 0 Å². The lowest BCUT2D eigenvalue weighted by atomic mass is 9.81. The molecule has 0 aromatic heterocycles. The van der Waals surface area contributed by atoms with Crippen LogP contribution in [0.5, 0.6) is 11.5 Å². The lowest BCUT2D eigenvalue weighted by Crippen LogP contribution is -2.54. The number of benzene rings is 1. The minimum Gasteiger partial charge on any atom is -0.497 e. The molecule has 7 nitrogen and oxygen atoms in total. The second-order valence-corrected chi connectivity index (χ2v) is 9.84. The van der Waals surface area contributed by atoms with Gasteiger partial charge in [0.2, 0.25) is 5.91 Å². The van der Waals surface area contributed by atoms with Crippen LogP contribution in [0.15, 0.2) is 47.7 Å². The maximum atomic E-state index is 13.7. The van der Waals surface area contributed by atoms with Crippen molar-refractivity contribution in [3.63, 3.8) is 0 Å². The maximum absolute atomic E-state index is 13.7. The zero-order chi connectivity index (χ0) is 24.7. The molecule has 3 heterocycles. The number of likely N-dealkylation sites (tertiary alicyclic amines) is 1. The molecular weight excluding hydrogens is 442 g/mol. The van der Waals surface area contributed by atoms with Gasteiger partial charge in [-0.2, -0.15) is 0 Å². The van der Waals surface area contributed by atoms with Crippen molar-refractivity contribution in [1.82, 2.24) is 14.7 Å². The van der Waals surface area contributed by atoms with Crippen molar-refractivity contribution in [1.29, 1.82) is 0 Å².